The lowest BCUT2D eigenvalue weighted by atomic mass is 9.98. The number of halogens is 2. The fourth-order valence-electron chi connectivity index (χ4n) is 3.15. The Balaban J connectivity index is 1.93. The van der Waals surface area contributed by atoms with Gasteiger partial charge in [-0.3, -0.25) is 4.79 Å². The number of hydrogen-bond donors (Lipinski definition) is 1. The van der Waals surface area contributed by atoms with Crippen molar-refractivity contribution in [2.24, 2.45) is 5.92 Å². The Labute approximate surface area is 162 Å². The molecule has 5 nitrogen and oxygen atoms in total. The third-order valence-corrected chi connectivity index (χ3v) is 5.72. The molecule has 0 bridgehead atoms. The predicted molar refractivity (Wildman–Crippen MR) is 103 cm³/mol. The maximum Gasteiger partial charge on any atom is 0.257 e. The standard InChI is InChI=1S/C20H20F2N2O3S/c1-28(26,27)15-7-5-14(6-8-15)16(10-13-11-17(21)18(22)12-13)20(25)24-19-4-2-3-9-23-19/h2-10,13,17-18H,11-12H2,1H3,(H,23,24,25)/t13?,17-,18+. The lowest BCUT2D eigenvalue weighted by molar-refractivity contribution is -0.111. The molecule has 8 heteroatoms. The van der Waals surface area contributed by atoms with Gasteiger partial charge in [-0.15, -0.1) is 0 Å². The smallest absolute Gasteiger partial charge is 0.257 e. The highest BCUT2D eigenvalue weighted by atomic mass is 32.2. The molecule has 3 atom stereocenters. The second-order valence-electron chi connectivity index (χ2n) is 6.81. The number of sulfone groups is 1. The number of carbonyl (C=O) groups excluding carboxylic acids is 1. The van der Waals surface area contributed by atoms with Crippen LogP contribution in [0.2, 0.25) is 0 Å². The first-order valence-corrected chi connectivity index (χ1v) is 10.7. The van der Waals surface area contributed by atoms with Crippen molar-refractivity contribution >= 4 is 27.1 Å². The normalized spacial score (nSPS) is 22.8. The van der Waals surface area contributed by atoms with Crippen LogP contribution in [0.3, 0.4) is 0 Å². The second-order valence-corrected chi connectivity index (χ2v) is 8.83. The summed E-state index contributed by atoms with van der Waals surface area (Å²) in [6, 6.07) is 10.9. The van der Waals surface area contributed by atoms with E-state index in [1.54, 1.807) is 24.3 Å². The summed E-state index contributed by atoms with van der Waals surface area (Å²) in [6.45, 7) is 0. The van der Waals surface area contributed by atoms with E-state index in [0.29, 0.717) is 11.4 Å². The zero-order valence-electron chi connectivity index (χ0n) is 15.2. The van der Waals surface area contributed by atoms with Crippen LogP contribution in [0.1, 0.15) is 18.4 Å². The van der Waals surface area contributed by atoms with E-state index in [1.807, 2.05) is 0 Å². The molecule has 2 aromatic rings. The number of alkyl halides is 2. The molecule has 28 heavy (non-hydrogen) atoms. The van der Waals surface area contributed by atoms with Gasteiger partial charge in [0.2, 0.25) is 0 Å². The Morgan fingerprint density at radius 1 is 1.11 bits per heavy atom. The largest absolute Gasteiger partial charge is 0.307 e. The zero-order valence-corrected chi connectivity index (χ0v) is 16.0. The van der Waals surface area contributed by atoms with Crippen LogP contribution in [0.25, 0.3) is 5.57 Å². The highest BCUT2D eigenvalue weighted by Crippen LogP contribution is 2.34. The predicted octanol–water partition coefficient (Wildman–Crippen LogP) is 3.59. The van der Waals surface area contributed by atoms with Crippen molar-refractivity contribution in [1.82, 2.24) is 4.98 Å². The van der Waals surface area contributed by atoms with E-state index in [-0.39, 0.29) is 23.3 Å². The summed E-state index contributed by atoms with van der Waals surface area (Å²) in [6.07, 6.45) is 1.08. The van der Waals surface area contributed by atoms with Crippen molar-refractivity contribution < 1.29 is 22.0 Å². The number of amides is 1. The quantitative estimate of drug-likeness (QED) is 0.770. The van der Waals surface area contributed by atoms with Gasteiger partial charge < -0.3 is 5.32 Å². The summed E-state index contributed by atoms with van der Waals surface area (Å²) in [4.78, 5) is 17.0. The van der Waals surface area contributed by atoms with Crippen molar-refractivity contribution in [1.29, 1.82) is 0 Å². The molecule has 1 unspecified atom stereocenters. The Hall–Kier alpha value is -2.61. The maximum absolute atomic E-state index is 13.6. The molecule has 1 aliphatic carbocycles. The van der Waals surface area contributed by atoms with Crippen molar-refractivity contribution in [3.63, 3.8) is 0 Å². The van der Waals surface area contributed by atoms with E-state index >= 15 is 0 Å². The highest BCUT2D eigenvalue weighted by molar-refractivity contribution is 7.90. The summed E-state index contributed by atoms with van der Waals surface area (Å²) in [5, 5.41) is 2.66. The van der Waals surface area contributed by atoms with Crippen LogP contribution in [-0.4, -0.2) is 37.9 Å². The van der Waals surface area contributed by atoms with Crippen molar-refractivity contribution in [3.8, 4) is 0 Å². The third kappa shape index (κ3) is 4.81. The molecule has 3 rings (SSSR count). The van der Waals surface area contributed by atoms with E-state index in [0.717, 1.165) is 6.26 Å². The number of hydrogen-bond acceptors (Lipinski definition) is 4. The molecular weight excluding hydrogens is 386 g/mol. The van der Waals surface area contributed by atoms with Gasteiger partial charge in [0, 0.05) is 18.0 Å². The summed E-state index contributed by atoms with van der Waals surface area (Å²) in [5.74, 6) is -0.572. The zero-order chi connectivity index (χ0) is 20.3. The van der Waals surface area contributed by atoms with E-state index in [2.05, 4.69) is 10.3 Å². The van der Waals surface area contributed by atoms with Crippen LogP contribution < -0.4 is 5.32 Å². The number of rotatable bonds is 5. The number of pyridine rings is 1. The van der Waals surface area contributed by atoms with Crippen LogP contribution in [0.15, 0.2) is 59.6 Å². The number of nitrogens with zero attached hydrogens (tertiary/aromatic N) is 1. The number of allylic oxidation sites excluding steroid dienone is 1. The van der Waals surface area contributed by atoms with E-state index < -0.39 is 34.0 Å². The molecule has 1 amide bonds. The monoisotopic (exact) mass is 406 g/mol. The lowest BCUT2D eigenvalue weighted by Crippen LogP contribution is -2.15. The lowest BCUT2D eigenvalue weighted by Gasteiger charge is -2.12. The van der Waals surface area contributed by atoms with Crippen LogP contribution in [0.5, 0.6) is 0 Å². The Morgan fingerprint density at radius 3 is 2.29 bits per heavy atom. The van der Waals surface area contributed by atoms with Crippen molar-refractivity contribution in [2.75, 3.05) is 11.6 Å². The number of anilines is 1. The minimum absolute atomic E-state index is 0.00293. The molecule has 1 aromatic carbocycles. The van der Waals surface area contributed by atoms with Gasteiger partial charge in [-0.2, -0.15) is 0 Å². The molecule has 0 radical (unpaired) electrons. The number of carbonyl (C=O) groups is 1. The number of aromatic nitrogens is 1. The van der Waals surface area contributed by atoms with Gasteiger partial charge in [-0.05, 0) is 48.6 Å². The number of benzene rings is 1. The topological polar surface area (TPSA) is 76.1 Å². The van der Waals surface area contributed by atoms with Gasteiger partial charge in [0.25, 0.3) is 5.91 Å². The molecular formula is C20H20F2N2O3S. The molecule has 148 valence electrons. The summed E-state index contributed by atoms with van der Waals surface area (Å²) in [7, 11) is -3.38. The SMILES string of the molecule is CS(=O)(=O)c1ccc(C(=CC2C[C@@H](F)[C@@H](F)C2)C(=O)Nc2ccccn2)cc1. The molecule has 0 saturated heterocycles. The van der Waals surface area contributed by atoms with E-state index in [1.165, 1.54) is 30.5 Å². The first kappa shape index (κ1) is 20.1. The fourth-order valence-corrected chi connectivity index (χ4v) is 3.78. The minimum Gasteiger partial charge on any atom is -0.307 e. The van der Waals surface area contributed by atoms with Gasteiger partial charge in [0.1, 0.15) is 18.2 Å². The molecule has 1 N–H and O–H groups in total. The van der Waals surface area contributed by atoms with Gasteiger partial charge in [-0.1, -0.05) is 24.3 Å². The summed E-state index contributed by atoms with van der Waals surface area (Å²) < 4.78 is 50.5. The molecule has 1 heterocycles. The average Bonchev–Trinajstić information content (AvgIpc) is 2.97. The molecule has 1 aliphatic rings. The van der Waals surface area contributed by atoms with Gasteiger partial charge in [0.05, 0.1) is 4.90 Å². The summed E-state index contributed by atoms with van der Waals surface area (Å²) in [5.41, 5.74) is 0.676. The first-order chi connectivity index (χ1) is 13.2. The Morgan fingerprint density at radius 2 is 1.75 bits per heavy atom. The second kappa shape index (κ2) is 8.18. The molecule has 1 fully saturated rings. The Kier molecular flexibility index (Phi) is 5.88. The summed E-state index contributed by atoms with van der Waals surface area (Å²) >= 11 is 0. The molecule has 0 aliphatic heterocycles. The molecule has 1 aromatic heterocycles. The van der Waals surface area contributed by atoms with Crippen molar-refractivity contribution in [3.05, 3.63) is 60.3 Å². The van der Waals surface area contributed by atoms with Gasteiger partial charge in [-0.25, -0.2) is 22.2 Å². The van der Waals surface area contributed by atoms with Gasteiger partial charge in [0.15, 0.2) is 9.84 Å². The molecule has 0 spiro atoms. The van der Waals surface area contributed by atoms with Crippen LogP contribution in [0.4, 0.5) is 14.6 Å². The van der Waals surface area contributed by atoms with Gasteiger partial charge >= 0.3 is 0 Å². The van der Waals surface area contributed by atoms with Crippen LogP contribution in [-0.2, 0) is 14.6 Å². The van der Waals surface area contributed by atoms with Crippen molar-refractivity contribution in [2.45, 2.75) is 30.1 Å². The average molecular weight is 406 g/mol. The van der Waals surface area contributed by atoms with Crippen LogP contribution in [0, 0.1) is 5.92 Å². The van der Waals surface area contributed by atoms with E-state index in [4.69, 9.17) is 0 Å². The third-order valence-electron chi connectivity index (χ3n) is 4.60. The first-order valence-electron chi connectivity index (χ1n) is 8.77. The highest BCUT2D eigenvalue weighted by Gasteiger charge is 2.34. The minimum atomic E-state index is -3.38. The number of nitrogens with one attached hydrogen (secondary N) is 1. The van der Waals surface area contributed by atoms with Crippen LogP contribution >= 0.6 is 0 Å². The van der Waals surface area contributed by atoms with E-state index in [9.17, 15) is 22.0 Å². The maximum atomic E-state index is 13.6. The molecule has 1 saturated carbocycles. The fraction of sp³-hybridized carbons (Fsp3) is 0.300. The Bertz CT molecular complexity index is 966.